The first kappa shape index (κ1) is 15.7. The molecule has 6 heteroatoms. The number of anilines is 1. The van der Waals surface area contributed by atoms with Crippen molar-refractivity contribution in [3.63, 3.8) is 0 Å². The smallest absolute Gasteiger partial charge is 0.294 e. The Morgan fingerprint density at radius 3 is 1.90 bits per heavy atom. The summed E-state index contributed by atoms with van der Waals surface area (Å²) >= 11 is 0. The second-order valence-electron chi connectivity index (χ2n) is 3.67. The van der Waals surface area contributed by atoms with Crippen LogP contribution >= 0.6 is 0 Å². The minimum atomic E-state index is -4.00. The number of benzene rings is 2. The summed E-state index contributed by atoms with van der Waals surface area (Å²) in [4.78, 5) is -0.0741. The van der Waals surface area contributed by atoms with Gasteiger partial charge in [0.1, 0.15) is 6.54 Å². The summed E-state index contributed by atoms with van der Waals surface area (Å²) in [6.07, 6.45) is 0. The monoisotopic (exact) mass is 290 g/mol. The van der Waals surface area contributed by atoms with E-state index in [4.69, 9.17) is 9.81 Å². The molecule has 0 unspecified atom stereocenters. The predicted octanol–water partition coefficient (Wildman–Crippen LogP) is 2.56. The van der Waals surface area contributed by atoms with Gasteiger partial charge in [-0.15, -0.1) is 0 Å². The van der Waals surface area contributed by atoms with E-state index in [2.05, 4.69) is 5.32 Å². The Hall–Kier alpha value is -2.36. The van der Waals surface area contributed by atoms with Gasteiger partial charge in [0.2, 0.25) is 0 Å². The normalized spacial score (nSPS) is 9.80. The van der Waals surface area contributed by atoms with Crippen molar-refractivity contribution in [2.24, 2.45) is 0 Å². The van der Waals surface area contributed by atoms with Gasteiger partial charge in [0.05, 0.1) is 11.0 Å². The zero-order chi connectivity index (χ0) is 14.8. The Morgan fingerprint density at radius 1 is 1.00 bits per heavy atom. The molecule has 0 bridgehead atoms. The molecule has 0 aliphatic carbocycles. The summed E-state index contributed by atoms with van der Waals surface area (Å²) < 4.78 is 29.2. The van der Waals surface area contributed by atoms with Gasteiger partial charge in [-0.2, -0.15) is 13.7 Å². The highest BCUT2D eigenvalue weighted by atomic mass is 32.2. The molecule has 2 rings (SSSR count). The molecule has 2 aromatic rings. The highest BCUT2D eigenvalue weighted by Gasteiger charge is 2.05. The van der Waals surface area contributed by atoms with E-state index in [1.54, 1.807) is 18.2 Å². The van der Waals surface area contributed by atoms with Crippen molar-refractivity contribution in [3.05, 3.63) is 60.7 Å². The molecule has 0 saturated carbocycles. The SMILES string of the molecule is N#CCNc1ccccc1.O=S(=O)(O)c1ccccc1. The number of hydrogen-bond acceptors (Lipinski definition) is 4. The minimum Gasteiger partial charge on any atom is -0.372 e. The van der Waals surface area contributed by atoms with E-state index in [1.807, 2.05) is 36.4 Å². The molecule has 104 valence electrons. The van der Waals surface area contributed by atoms with Gasteiger partial charge in [-0.1, -0.05) is 36.4 Å². The van der Waals surface area contributed by atoms with E-state index in [1.165, 1.54) is 12.1 Å². The lowest BCUT2D eigenvalue weighted by Gasteiger charge is -1.97. The summed E-state index contributed by atoms with van der Waals surface area (Å²) in [6, 6.07) is 19.1. The zero-order valence-electron chi connectivity index (χ0n) is 10.6. The lowest BCUT2D eigenvalue weighted by molar-refractivity contribution is 0.483. The number of hydrogen-bond donors (Lipinski definition) is 2. The van der Waals surface area contributed by atoms with Gasteiger partial charge in [-0.25, -0.2) is 0 Å². The lowest BCUT2D eigenvalue weighted by atomic mass is 10.3. The Bertz CT molecular complexity index is 650. The van der Waals surface area contributed by atoms with E-state index >= 15 is 0 Å². The third-order valence-electron chi connectivity index (χ3n) is 2.19. The van der Waals surface area contributed by atoms with Gasteiger partial charge in [-0.3, -0.25) is 4.55 Å². The van der Waals surface area contributed by atoms with E-state index < -0.39 is 10.1 Å². The van der Waals surface area contributed by atoms with Gasteiger partial charge in [0.25, 0.3) is 10.1 Å². The molecule has 0 aliphatic rings. The Labute approximate surface area is 118 Å². The fourth-order valence-electron chi connectivity index (χ4n) is 1.29. The molecular formula is C14H14N2O3S. The molecule has 0 fully saturated rings. The number of nitrogens with one attached hydrogen (secondary N) is 1. The summed E-state index contributed by atoms with van der Waals surface area (Å²) in [5.74, 6) is 0. The van der Waals surface area contributed by atoms with Crippen LogP contribution in [0.15, 0.2) is 65.6 Å². The van der Waals surface area contributed by atoms with Gasteiger partial charge < -0.3 is 5.32 Å². The predicted molar refractivity (Wildman–Crippen MR) is 76.8 cm³/mol. The molecule has 0 aliphatic heterocycles. The van der Waals surface area contributed by atoms with Gasteiger partial charge >= 0.3 is 0 Å². The van der Waals surface area contributed by atoms with Crippen LogP contribution in [0, 0.1) is 11.3 Å². The van der Waals surface area contributed by atoms with Crippen molar-refractivity contribution in [1.82, 2.24) is 0 Å². The summed E-state index contributed by atoms with van der Waals surface area (Å²) in [5.41, 5.74) is 0.990. The number of para-hydroxylation sites is 1. The summed E-state index contributed by atoms with van der Waals surface area (Å²) in [7, 11) is -4.00. The zero-order valence-corrected chi connectivity index (χ0v) is 11.4. The van der Waals surface area contributed by atoms with Gasteiger partial charge in [0, 0.05) is 5.69 Å². The number of nitrogens with zero attached hydrogens (tertiary/aromatic N) is 1. The Kier molecular flexibility index (Phi) is 6.23. The molecule has 0 radical (unpaired) electrons. The van der Waals surface area contributed by atoms with E-state index in [9.17, 15) is 8.42 Å². The van der Waals surface area contributed by atoms with Crippen LogP contribution < -0.4 is 5.32 Å². The molecule has 0 atom stereocenters. The van der Waals surface area contributed by atoms with Crippen molar-refractivity contribution in [2.45, 2.75) is 4.90 Å². The quantitative estimate of drug-likeness (QED) is 0.669. The standard InChI is InChI=1S/C8H8N2.C6H6O3S/c9-6-7-10-8-4-2-1-3-5-8;7-10(8,9)6-4-2-1-3-5-6/h1-5,10H,7H2;1-5H,(H,7,8,9). The van der Waals surface area contributed by atoms with Crippen LogP contribution in [0.4, 0.5) is 5.69 Å². The molecule has 0 amide bonds. The van der Waals surface area contributed by atoms with Crippen LogP contribution in [0.2, 0.25) is 0 Å². The van der Waals surface area contributed by atoms with Crippen molar-refractivity contribution in [3.8, 4) is 6.07 Å². The van der Waals surface area contributed by atoms with E-state index in [0.29, 0.717) is 6.54 Å². The van der Waals surface area contributed by atoms with Crippen molar-refractivity contribution < 1.29 is 13.0 Å². The third-order valence-corrected chi connectivity index (χ3v) is 3.05. The summed E-state index contributed by atoms with van der Waals surface area (Å²) in [6.45, 7) is 0.365. The average Bonchev–Trinajstić information content (AvgIpc) is 2.47. The lowest BCUT2D eigenvalue weighted by Crippen LogP contribution is -1.96. The Morgan fingerprint density at radius 2 is 1.50 bits per heavy atom. The maximum absolute atomic E-state index is 10.4. The maximum atomic E-state index is 10.4. The fourth-order valence-corrected chi connectivity index (χ4v) is 1.79. The topological polar surface area (TPSA) is 90.2 Å². The van der Waals surface area contributed by atoms with E-state index in [-0.39, 0.29) is 4.90 Å². The molecule has 5 nitrogen and oxygen atoms in total. The second-order valence-corrected chi connectivity index (χ2v) is 5.09. The summed E-state index contributed by atoms with van der Waals surface area (Å²) in [5, 5.41) is 11.1. The van der Waals surface area contributed by atoms with Crippen molar-refractivity contribution in [1.29, 1.82) is 5.26 Å². The average molecular weight is 290 g/mol. The van der Waals surface area contributed by atoms with Crippen LogP contribution in [0.25, 0.3) is 0 Å². The molecule has 0 spiro atoms. The van der Waals surface area contributed by atoms with Crippen LogP contribution in [0.5, 0.6) is 0 Å². The molecule has 2 N–H and O–H groups in total. The Balaban J connectivity index is 0.000000200. The van der Waals surface area contributed by atoms with E-state index in [0.717, 1.165) is 5.69 Å². The molecule has 20 heavy (non-hydrogen) atoms. The third kappa shape index (κ3) is 6.00. The first-order valence-electron chi connectivity index (χ1n) is 5.72. The highest BCUT2D eigenvalue weighted by molar-refractivity contribution is 7.85. The molecule has 0 heterocycles. The highest BCUT2D eigenvalue weighted by Crippen LogP contribution is 2.05. The number of rotatable bonds is 3. The minimum absolute atomic E-state index is 0.0741. The molecular weight excluding hydrogens is 276 g/mol. The molecule has 2 aromatic carbocycles. The van der Waals surface area contributed by atoms with Crippen LogP contribution in [-0.2, 0) is 10.1 Å². The maximum Gasteiger partial charge on any atom is 0.294 e. The van der Waals surface area contributed by atoms with Crippen LogP contribution in [0.1, 0.15) is 0 Å². The van der Waals surface area contributed by atoms with Crippen molar-refractivity contribution >= 4 is 15.8 Å². The van der Waals surface area contributed by atoms with Crippen LogP contribution in [-0.4, -0.2) is 19.5 Å². The first-order valence-corrected chi connectivity index (χ1v) is 7.16. The van der Waals surface area contributed by atoms with Gasteiger partial charge in [-0.05, 0) is 24.3 Å². The first-order chi connectivity index (χ1) is 9.54. The van der Waals surface area contributed by atoms with Gasteiger partial charge in [0.15, 0.2) is 0 Å². The molecule has 0 saturated heterocycles. The fraction of sp³-hybridized carbons (Fsp3) is 0.0714. The van der Waals surface area contributed by atoms with Crippen LogP contribution in [0.3, 0.4) is 0 Å². The number of nitriles is 1. The molecule has 0 aromatic heterocycles. The largest absolute Gasteiger partial charge is 0.372 e. The second kappa shape index (κ2) is 7.94. The van der Waals surface area contributed by atoms with Crippen molar-refractivity contribution in [2.75, 3.05) is 11.9 Å².